The summed E-state index contributed by atoms with van der Waals surface area (Å²) < 4.78 is 1.94. The summed E-state index contributed by atoms with van der Waals surface area (Å²) >= 11 is 0. The number of aromatic nitrogens is 2. The quantitative estimate of drug-likeness (QED) is 0.446. The zero-order valence-corrected chi connectivity index (χ0v) is 13.2. The minimum Gasteiger partial charge on any atom is -0.356 e. The molecular formula is C17H25N5. The van der Waals surface area contributed by atoms with Crippen molar-refractivity contribution in [3.8, 4) is 0 Å². The largest absolute Gasteiger partial charge is 0.356 e. The average molecular weight is 299 g/mol. The number of hydrogen-bond acceptors (Lipinski definition) is 2. The molecule has 0 amide bonds. The van der Waals surface area contributed by atoms with Crippen LogP contribution >= 0.6 is 0 Å². The van der Waals surface area contributed by atoms with Gasteiger partial charge in [-0.1, -0.05) is 30.3 Å². The zero-order chi connectivity index (χ0) is 15.5. The van der Waals surface area contributed by atoms with Crippen molar-refractivity contribution in [1.29, 1.82) is 0 Å². The molecule has 0 saturated heterocycles. The lowest BCUT2D eigenvalue weighted by atomic mass is 10.1. The van der Waals surface area contributed by atoms with Crippen LogP contribution in [0.4, 0.5) is 0 Å². The van der Waals surface area contributed by atoms with E-state index in [2.05, 4.69) is 51.1 Å². The van der Waals surface area contributed by atoms with Crippen LogP contribution in [0, 0.1) is 0 Å². The molecule has 0 aliphatic rings. The van der Waals surface area contributed by atoms with Crippen molar-refractivity contribution >= 4 is 5.96 Å². The number of nitrogens with one attached hydrogen (secondary N) is 2. The van der Waals surface area contributed by atoms with Crippen LogP contribution in [0.15, 0.2) is 53.8 Å². The molecule has 0 unspecified atom stereocenters. The van der Waals surface area contributed by atoms with Crippen LogP contribution in [0.3, 0.4) is 0 Å². The summed E-state index contributed by atoms with van der Waals surface area (Å²) in [6.07, 6.45) is 6.99. The maximum absolute atomic E-state index is 4.24. The number of guanidine groups is 1. The SMILES string of the molecule is CN=C(NCCCc1ccccc1)NCCCn1cccn1. The van der Waals surface area contributed by atoms with E-state index >= 15 is 0 Å². The Morgan fingerprint density at radius 3 is 2.55 bits per heavy atom. The summed E-state index contributed by atoms with van der Waals surface area (Å²) in [4.78, 5) is 4.24. The number of nitrogens with zero attached hydrogens (tertiary/aromatic N) is 3. The molecule has 1 aromatic carbocycles. The molecule has 2 rings (SSSR count). The van der Waals surface area contributed by atoms with Crippen LogP contribution in [-0.2, 0) is 13.0 Å². The molecule has 1 heterocycles. The van der Waals surface area contributed by atoms with Crippen molar-refractivity contribution in [1.82, 2.24) is 20.4 Å². The smallest absolute Gasteiger partial charge is 0.190 e. The molecule has 0 saturated carbocycles. The van der Waals surface area contributed by atoms with Crippen molar-refractivity contribution in [3.63, 3.8) is 0 Å². The lowest BCUT2D eigenvalue weighted by molar-refractivity contribution is 0.570. The molecule has 0 aliphatic carbocycles. The first kappa shape index (κ1) is 16.1. The minimum atomic E-state index is 0.869. The van der Waals surface area contributed by atoms with Gasteiger partial charge in [-0.05, 0) is 30.9 Å². The third-order valence-electron chi connectivity index (χ3n) is 3.42. The number of aliphatic imine (C=N–C) groups is 1. The molecule has 0 fully saturated rings. The third kappa shape index (κ3) is 5.99. The Kier molecular flexibility index (Phi) is 7.02. The molecule has 2 aromatic rings. The van der Waals surface area contributed by atoms with Crippen LogP contribution in [0.2, 0.25) is 0 Å². The van der Waals surface area contributed by atoms with E-state index in [1.165, 1.54) is 5.56 Å². The number of hydrogen-bond donors (Lipinski definition) is 2. The van der Waals surface area contributed by atoms with Gasteiger partial charge in [-0.15, -0.1) is 0 Å². The maximum atomic E-state index is 4.24. The Morgan fingerprint density at radius 1 is 1.09 bits per heavy atom. The molecular weight excluding hydrogens is 274 g/mol. The predicted molar refractivity (Wildman–Crippen MR) is 91.0 cm³/mol. The van der Waals surface area contributed by atoms with Crippen molar-refractivity contribution in [2.75, 3.05) is 20.1 Å². The Morgan fingerprint density at radius 2 is 1.86 bits per heavy atom. The van der Waals surface area contributed by atoms with Crippen LogP contribution in [0.1, 0.15) is 18.4 Å². The highest BCUT2D eigenvalue weighted by atomic mass is 15.3. The van der Waals surface area contributed by atoms with Gasteiger partial charge in [0.05, 0.1) is 0 Å². The third-order valence-corrected chi connectivity index (χ3v) is 3.42. The van der Waals surface area contributed by atoms with E-state index in [0.29, 0.717) is 0 Å². The summed E-state index contributed by atoms with van der Waals surface area (Å²) in [5.74, 6) is 0.869. The summed E-state index contributed by atoms with van der Waals surface area (Å²) in [5.41, 5.74) is 1.38. The first-order valence-corrected chi connectivity index (χ1v) is 7.84. The second-order valence-corrected chi connectivity index (χ2v) is 5.14. The molecule has 5 nitrogen and oxygen atoms in total. The van der Waals surface area contributed by atoms with Crippen LogP contribution in [0.25, 0.3) is 0 Å². The molecule has 2 N–H and O–H groups in total. The standard InChI is InChI=1S/C17H25N5/c1-18-17(20-12-6-14-22-15-7-13-21-22)19-11-5-10-16-8-3-2-4-9-16/h2-4,7-9,13,15H,5-6,10-12,14H2,1H3,(H2,18,19,20). The molecule has 0 radical (unpaired) electrons. The molecule has 118 valence electrons. The molecule has 0 bridgehead atoms. The molecule has 0 spiro atoms. The summed E-state index contributed by atoms with van der Waals surface area (Å²) in [6, 6.07) is 12.5. The van der Waals surface area contributed by atoms with E-state index in [9.17, 15) is 0 Å². The van der Waals surface area contributed by atoms with E-state index in [-0.39, 0.29) is 0 Å². The van der Waals surface area contributed by atoms with Crippen molar-refractivity contribution in [3.05, 3.63) is 54.4 Å². The Hall–Kier alpha value is -2.30. The first-order chi connectivity index (χ1) is 10.9. The lowest BCUT2D eigenvalue weighted by Crippen LogP contribution is -2.38. The van der Waals surface area contributed by atoms with Crippen molar-refractivity contribution in [2.24, 2.45) is 4.99 Å². The van der Waals surface area contributed by atoms with Gasteiger partial charge in [0.25, 0.3) is 0 Å². The molecule has 5 heteroatoms. The fourth-order valence-electron chi connectivity index (χ4n) is 2.25. The Bertz CT molecular complexity index is 533. The molecule has 1 aromatic heterocycles. The van der Waals surface area contributed by atoms with E-state index in [4.69, 9.17) is 0 Å². The van der Waals surface area contributed by atoms with Crippen LogP contribution in [0.5, 0.6) is 0 Å². The number of rotatable bonds is 8. The highest BCUT2D eigenvalue weighted by molar-refractivity contribution is 5.79. The normalized spacial score (nSPS) is 11.4. The van der Waals surface area contributed by atoms with Gasteiger partial charge in [-0.3, -0.25) is 9.67 Å². The van der Waals surface area contributed by atoms with Crippen LogP contribution in [-0.4, -0.2) is 35.9 Å². The van der Waals surface area contributed by atoms with Gasteiger partial charge in [-0.25, -0.2) is 0 Å². The van der Waals surface area contributed by atoms with E-state index < -0.39 is 0 Å². The highest BCUT2D eigenvalue weighted by Crippen LogP contribution is 2.01. The molecule has 0 atom stereocenters. The van der Waals surface area contributed by atoms with Gasteiger partial charge in [0, 0.05) is 39.1 Å². The van der Waals surface area contributed by atoms with Gasteiger partial charge in [0.1, 0.15) is 0 Å². The van der Waals surface area contributed by atoms with E-state index in [1.54, 1.807) is 13.2 Å². The topological polar surface area (TPSA) is 54.2 Å². The van der Waals surface area contributed by atoms with Gasteiger partial charge in [0.15, 0.2) is 5.96 Å². The monoisotopic (exact) mass is 299 g/mol. The summed E-state index contributed by atoms with van der Waals surface area (Å²) in [5, 5.41) is 10.9. The van der Waals surface area contributed by atoms with Gasteiger partial charge < -0.3 is 10.6 Å². The number of benzene rings is 1. The Labute approximate surface area is 132 Å². The first-order valence-electron chi connectivity index (χ1n) is 7.84. The van der Waals surface area contributed by atoms with E-state index in [0.717, 1.165) is 44.9 Å². The van der Waals surface area contributed by atoms with Crippen molar-refractivity contribution in [2.45, 2.75) is 25.8 Å². The second kappa shape index (κ2) is 9.60. The molecule has 22 heavy (non-hydrogen) atoms. The summed E-state index contributed by atoms with van der Waals surface area (Å²) in [6.45, 7) is 2.73. The minimum absolute atomic E-state index is 0.869. The number of aryl methyl sites for hydroxylation is 2. The Balaban J connectivity index is 1.55. The second-order valence-electron chi connectivity index (χ2n) is 5.14. The fourth-order valence-corrected chi connectivity index (χ4v) is 2.25. The van der Waals surface area contributed by atoms with Gasteiger partial charge >= 0.3 is 0 Å². The predicted octanol–water partition coefficient (Wildman–Crippen LogP) is 2.07. The van der Waals surface area contributed by atoms with Crippen LogP contribution < -0.4 is 10.6 Å². The van der Waals surface area contributed by atoms with Gasteiger partial charge in [-0.2, -0.15) is 5.10 Å². The lowest BCUT2D eigenvalue weighted by Gasteiger charge is -2.11. The maximum Gasteiger partial charge on any atom is 0.190 e. The fraction of sp³-hybridized carbons (Fsp3) is 0.412. The molecule has 0 aliphatic heterocycles. The highest BCUT2D eigenvalue weighted by Gasteiger charge is 1.98. The average Bonchev–Trinajstić information content (AvgIpc) is 3.08. The van der Waals surface area contributed by atoms with E-state index in [1.807, 2.05) is 16.9 Å². The summed E-state index contributed by atoms with van der Waals surface area (Å²) in [7, 11) is 1.81. The van der Waals surface area contributed by atoms with Crippen molar-refractivity contribution < 1.29 is 0 Å². The zero-order valence-electron chi connectivity index (χ0n) is 13.2. The van der Waals surface area contributed by atoms with Gasteiger partial charge in [0.2, 0.25) is 0 Å².